The van der Waals surface area contributed by atoms with E-state index in [2.05, 4.69) is 6.58 Å². The fourth-order valence-corrected chi connectivity index (χ4v) is 1.39. The van der Waals surface area contributed by atoms with Crippen LogP contribution in [-0.2, 0) is 0 Å². The van der Waals surface area contributed by atoms with Gasteiger partial charge in [-0.05, 0) is 30.2 Å². The minimum atomic E-state index is 0.414. The van der Waals surface area contributed by atoms with Crippen LogP contribution in [0.1, 0.15) is 12.5 Å². The predicted octanol–water partition coefficient (Wildman–Crippen LogP) is 3.35. The SMILES string of the molecule is C=C(CCl)c1ccc(OCC)c(OC)c1. The van der Waals surface area contributed by atoms with Gasteiger partial charge in [0.2, 0.25) is 0 Å². The summed E-state index contributed by atoms with van der Waals surface area (Å²) >= 11 is 5.71. The molecule has 0 unspecified atom stereocenters. The number of ether oxygens (including phenoxy) is 2. The van der Waals surface area contributed by atoms with Gasteiger partial charge in [0.15, 0.2) is 11.5 Å². The van der Waals surface area contributed by atoms with Gasteiger partial charge in [0.1, 0.15) is 0 Å². The minimum absolute atomic E-state index is 0.414. The zero-order chi connectivity index (χ0) is 11.3. The number of rotatable bonds is 5. The van der Waals surface area contributed by atoms with Crippen LogP contribution in [-0.4, -0.2) is 19.6 Å². The Hall–Kier alpha value is -1.15. The number of halogens is 1. The Kier molecular flexibility index (Phi) is 4.50. The van der Waals surface area contributed by atoms with E-state index in [-0.39, 0.29) is 0 Å². The maximum atomic E-state index is 5.71. The minimum Gasteiger partial charge on any atom is -0.493 e. The standard InChI is InChI=1S/C12H15ClO2/c1-4-15-11-6-5-10(9(2)8-13)7-12(11)14-3/h5-7H,2,4,8H2,1,3H3. The van der Waals surface area contributed by atoms with E-state index in [1.807, 2.05) is 25.1 Å². The number of alkyl halides is 1. The van der Waals surface area contributed by atoms with Crippen molar-refractivity contribution in [1.29, 1.82) is 0 Å². The van der Waals surface area contributed by atoms with Crippen molar-refractivity contribution < 1.29 is 9.47 Å². The van der Waals surface area contributed by atoms with Gasteiger partial charge in [0.25, 0.3) is 0 Å². The summed E-state index contributed by atoms with van der Waals surface area (Å²) in [6.07, 6.45) is 0. The van der Waals surface area contributed by atoms with Crippen molar-refractivity contribution >= 4 is 17.2 Å². The molecule has 0 N–H and O–H groups in total. The molecule has 1 rings (SSSR count). The topological polar surface area (TPSA) is 18.5 Å². The van der Waals surface area contributed by atoms with E-state index >= 15 is 0 Å². The molecule has 0 saturated heterocycles. The highest BCUT2D eigenvalue weighted by atomic mass is 35.5. The van der Waals surface area contributed by atoms with E-state index in [0.29, 0.717) is 18.2 Å². The van der Waals surface area contributed by atoms with Crippen molar-refractivity contribution in [3.63, 3.8) is 0 Å². The third-order valence-electron chi connectivity index (χ3n) is 2.03. The summed E-state index contributed by atoms with van der Waals surface area (Å²) in [6.45, 7) is 6.42. The highest BCUT2D eigenvalue weighted by molar-refractivity contribution is 6.23. The molecule has 0 atom stereocenters. The maximum absolute atomic E-state index is 5.71. The molecule has 0 heterocycles. The maximum Gasteiger partial charge on any atom is 0.161 e. The first-order chi connectivity index (χ1) is 7.22. The fraction of sp³-hybridized carbons (Fsp3) is 0.333. The highest BCUT2D eigenvalue weighted by Gasteiger charge is 2.06. The molecular formula is C12H15ClO2. The average molecular weight is 227 g/mol. The van der Waals surface area contributed by atoms with E-state index < -0.39 is 0 Å². The van der Waals surface area contributed by atoms with Crippen molar-refractivity contribution in [2.24, 2.45) is 0 Å². The molecule has 1 aromatic rings. The Morgan fingerprint density at radius 1 is 1.40 bits per heavy atom. The molecule has 0 radical (unpaired) electrons. The first kappa shape index (κ1) is 11.9. The third-order valence-corrected chi connectivity index (χ3v) is 2.36. The first-order valence-electron chi connectivity index (χ1n) is 4.77. The summed E-state index contributed by atoms with van der Waals surface area (Å²) in [5, 5.41) is 0. The normalized spacial score (nSPS) is 9.80. The summed E-state index contributed by atoms with van der Waals surface area (Å²) < 4.78 is 10.6. The molecule has 0 saturated carbocycles. The van der Waals surface area contributed by atoms with Gasteiger partial charge in [-0.15, -0.1) is 11.6 Å². The lowest BCUT2D eigenvalue weighted by molar-refractivity contribution is 0.311. The van der Waals surface area contributed by atoms with Crippen LogP contribution in [0.4, 0.5) is 0 Å². The summed E-state index contributed by atoms with van der Waals surface area (Å²) in [7, 11) is 1.62. The summed E-state index contributed by atoms with van der Waals surface area (Å²) in [6, 6.07) is 5.68. The van der Waals surface area contributed by atoms with E-state index in [1.165, 1.54) is 0 Å². The van der Waals surface area contributed by atoms with Gasteiger partial charge in [0.05, 0.1) is 13.7 Å². The van der Waals surface area contributed by atoms with Crippen molar-refractivity contribution in [3.05, 3.63) is 30.3 Å². The molecule has 0 spiro atoms. The van der Waals surface area contributed by atoms with Gasteiger partial charge < -0.3 is 9.47 Å². The Labute approximate surface area is 95.5 Å². The van der Waals surface area contributed by atoms with E-state index in [0.717, 1.165) is 16.9 Å². The van der Waals surface area contributed by atoms with Gasteiger partial charge in [-0.1, -0.05) is 12.6 Å². The van der Waals surface area contributed by atoms with Gasteiger partial charge >= 0.3 is 0 Å². The van der Waals surface area contributed by atoms with Crippen LogP contribution < -0.4 is 9.47 Å². The van der Waals surface area contributed by atoms with Gasteiger partial charge in [-0.25, -0.2) is 0 Å². The second-order valence-electron chi connectivity index (χ2n) is 3.04. The number of benzene rings is 1. The van der Waals surface area contributed by atoms with E-state index in [9.17, 15) is 0 Å². The average Bonchev–Trinajstić information content (AvgIpc) is 2.29. The Balaban J connectivity index is 3.01. The second kappa shape index (κ2) is 5.66. The monoisotopic (exact) mass is 226 g/mol. The van der Waals surface area contributed by atoms with Crippen LogP contribution in [0.3, 0.4) is 0 Å². The molecule has 0 amide bonds. The molecule has 15 heavy (non-hydrogen) atoms. The van der Waals surface area contributed by atoms with Gasteiger partial charge in [0, 0.05) is 5.88 Å². The third kappa shape index (κ3) is 2.90. The quantitative estimate of drug-likeness (QED) is 0.717. The Morgan fingerprint density at radius 2 is 2.13 bits per heavy atom. The summed E-state index contributed by atoms with van der Waals surface area (Å²) in [5.41, 5.74) is 1.85. The molecule has 0 aliphatic rings. The summed E-state index contributed by atoms with van der Waals surface area (Å²) in [4.78, 5) is 0. The zero-order valence-corrected chi connectivity index (χ0v) is 9.80. The van der Waals surface area contributed by atoms with Gasteiger partial charge in [-0.2, -0.15) is 0 Å². The molecule has 0 bridgehead atoms. The number of methoxy groups -OCH3 is 1. The van der Waals surface area contributed by atoms with Crippen molar-refractivity contribution in [3.8, 4) is 11.5 Å². The molecule has 0 aliphatic carbocycles. The van der Waals surface area contributed by atoms with Crippen LogP contribution in [0.25, 0.3) is 5.57 Å². The van der Waals surface area contributed by atoms with Crippen molar-refractivity contribution in [1.82, 2.24) is 0 Å². The molecular weight excluding hydrogens is 212 g/mol. The molecule has 1 aromatic carbocycles. The number of hydrogen-bond acceptors (Lipinski definition) is 2. The molecule has 82 valence electrons. The summed E-state index contributed by atoms with van der Waals surface area (Å²) in [5.74, 6) is 1.86. The van der Waals surface area contributed by atoms with E-state index in [1.54, 1.807) is 7.11 Å². The number of hydrogen-bond donors (Lipinski definition) is 0. The number of allylic oxidation sites excluding steroid dienone is 1. The lowest BCUT2D eigenvalue weighted by Gasteiger charge is -2.11. The Morgan fingerprint density at radius 3 is 2.67 bits per heavy atom. The predicted molar refractivity (Wildman–Crippen MR) is 63.9 cm³/mol. The fourth-order valence-electron chi connectivity index (χ4n) is 1.24. The first-order valence-corrected chi connectivity index (χ1v) is 5.31. The molecule has 0 aromatic heterocycles. The van der Waals surface area contributed by atoms with Gasteiger partial charge in [-0.3, -0.25) is 0 Å². The lowest BCUT2D eigenvalue weighted by Crippen LogP contribution is -1.96. The molecule has 0 aliphatic heterocycles. The highest BCUT2D eigenvalue weighted by Crippen LogP contribution is 2.30. The van der Waals surface area contributed by atoms with Crippen molar-refractivity contribution in [2.45, 2.75) is 6.92 Å². The van der Waals surface area contributed by atoms with Crippen LogP contribution in [0.5, 0.6) is 11.5 Å². The van der Waals surface area contributed by atoms with Crippen LogP contribution in [0, 0.1) is 0 Å². The smallest absolute Gasteiger partial charge is 0.161 e. The molecule has 2 nitrogen and oxygen atoms in total. The van der Waals surface area contributed by atoms with Crippen LogP contribution in [0.15, 0.2) is 24.8 Å². The molecule has 0 fully saturated rings. The second-order valence-corrected chi connectivity index (χ2v) is 3.30. The lowest BCUT2D eigenvalue weighted by atomic mass is 10.1. The van der Waals surface area contributed by atoms with E-state index in [4.69, 9.17) is 21.1 Å². The van der Waals surface area contributed by atoms with Crippen LogP contribution in [0.2, 0.25) is 0 Å². The molecule has 3 heteroatoms. The Bertz CT molecular complexity index is 347. The van der Waals surface area contributed by atoms with Crippen molar-refractivity contribution in [2.75, 3.05) is 19.6 Å². The largest absolute Gasteiger partial charge is 0.493 e. The zero-order valence-electron chi connectivity index (χ0n) is 9.05. The van der Waals surface area contributed by atoms with Crippen LogP contribution >= 0.6 is 11.6 Å².